The van der Waals surface area contributed by atoms with Crippen LogP contribution in [-0.2, 0) is 19.7 Å². The molecule has 3 heterocycles. The third-order valence-electron chi connectivity index (χ3n) is 5.71. The first kappa shape index (κ1) is 17.8. The van der Waals surface area contributed by atoms with Gasteiger partial charge in [-0.15, -0.1) is 0 Å². The molecule has 8 heteroatoms. The lowest BCUT2D eigenvalue weighted by Gasteiger charge is -2.38. The summed E-state index contributed by atoms with van der Waals surface area (Å²) in [5.41, 5.74) is 7.05. The van der Waals surface area contributed by atoms with E-state index in [1.165, 1.54) is 0 Å². The molecule has 0 radical (unpaired) electrons. The van der Waals surface area contributed by atoms with Crippen LogP contribution < -0.4 is 20.7 Å². The number of anilines is 2. The van der Waals surface area contributed by atoms with Crippen LogP contribution in [-0.4, -0.2) is 25.6 Å². The molecule has 1 unspecified atom stereocenters. The van der Waals surface area contributed by atoms with Crippen molar-refractivity contribution in [1.82, 2.24) is 0 Å². The normalized spacial score (nSPS) is 21.9. The largest absolute Gasteiger partial charge is 0.497 e. The predicted octanol–water partition coefficient (Wildman–Crippen LogP) is 1.91. The van der Waals surface area contributed by atoms with Gasteiger partial charge in [-0.25, -0.2) is 4.79 Å². The van der Waals surface area contributed by atoms with Crippen LogP contribution in [0.5, 0.6) is 5.75 Å². The average molecular weight is 400 g/mol. The van der Waals surface area contributed by atoms with Gasteiger partial charge in [0.2, 0.25) is 5.91 Å². The number of methoxy groups -OCH3 is 1. The Balaban J connectivity index is 1.82. The molecule has 0 bridgehead atoms. The number of benzene rings is 2. The van der Waals surface area contributed by atoms with Crippen molar-refractivity contribution >= 4 is 23.3 Å². The molecule has 2 aromatic rings. The smallest absolute Gasteiger partial charge is 0.338 e. The summed E-state index contributed by atoms with van der Waals surface area (Å²) in [7, 11) is 1.56. The molecule has 30 heavy (non-hydrogen) atoms. The molecular formula is C22H16N4O4. The highest BCUT2D eigenvalue weighted by molar-refractivity contribution is 6.18. The number of nitriles is 1. The van der Waals surface area contributed by atoms with Crippen LogP contribution in [0.15, 0.2) is 71.2 Å². The first-order valence-corrected chi connectivity index (χ1v) is 9.20. The zero-order valence-electron chi connectivity index (χ0n) is 15.9. The molecule has 3 aliphatic heterocycles. The summed E-state index contributed by atoms with van der Waals surface area (Å²) in [6.45, 7) is -0.0587. The number of nitrogens with zero attached hydrogens (tertiary/aromatic N) is 2. The average Bonchev–Trinajstić information content (AvgIpc) is 3.27. The summed E-state index contributed by atoms with van der Waals surface area (Å²) in [5, 5.41) is 12.9. The molecule has 0 fully saturated rings. The lowest BCUT2D eigenvalue weighted by molar-refractivity contribution is -0.137. The first-order valence-electron chi connectivity index (χ1n) is 9.20. The van der Waals surface area contributed by atoms with E-state index >= 15 is 0 Å². The second-order valence-corrected chi connectivity index (χ2v) is 7.05. The second kappa shape index (κ2) is 6.12. The van der Waals surface area contributed by atoms with E-state index in [0.717, 1.165) is 0 Å². The van der Waals surface area contributed by atoms with E-state index in [4.69, 9.17) is 15.2 Å². The Kier molecular flexibility index (Phi) is 3.64. The minimum Gasteiger partial charge on any atom is -0.497 e. The maximum absolute atomic E-state index is 13.3. The minimum absolute atomic E-state index is 0.0154. The van der Waals surface area contributed by atoms with Crippen molar-refractivity contribution < 1.29 is 19.1 Å². The van der Waals surface area contributed by atoms with Crippen molar-refractivity contribution in [2.24, 2.45) is 5.73 Å². The summed E-state index contributed by atoms with van der Waals surface area (Å²) >= 11 is 0. The van der Waals surface area contributed by atoms with Crippen molar-refractivity contribution in [2.45, 2.75) is 5.41 Å². The summed E-state index contributed by atoms with van der Waals surface area (Å²) in [5.74, 6) is -0.418. The van der Waals surface area contributed by atoms with Gasteiger partial charge >= 0.3 is 5.97 Å². The van der Waals surface area contributed by atoms with E-state index in [2.05, 4.69) is 11.4 Å². The Bertz CT molecular complexity index is 1220. The number of carbonyl (C=O) groups excluding carboxylic acids is 2. The van der Waals surface area contributed by atoms with Crippen molar-refractivity contribution in [2.75, 3.05) is 23.9 Å². The van der Waals surface area contributed by atoms with Crippen molar-refractivity contribution in [3.63, 3.8) is 0 Å². The fourth-order valence-corrected chi connectivity index (χ4v) is 4.44. The second-order valence-electron chi connectivity index (χ2n) is 7.05. The van der Waals surface area contributed by atoms with E-state index in [9.17, 15) is 14.9 Å². The Labute approximate surface area is 171 Å². The lowest BCUT2D eigenvalue weighted by Crippen LogP contribution is -2.48. The quantitative estimate of drug-likeness (QED) is 0.740. The van der Waals surface area contributed by atoms with Gasteiger partial charge in [-0.3, -0.25) is 9.69 Å². The van der Waals surface area contributed by atoms with Gasteiger partial charge in [-0.1, -0.05) is 18.2 Å². The number of hydrogen-bond acceptors (Lipinski definition) is 7. The van der Waals surface area contributed by atoms with Crippen LogP contribution in [0, 0.1) is 11.3 Å². The third kappa shape index (κ3) is 2.03. The minimum atomic E-state index is -1.64. The molecule has 3 N–H and O–H groups in total. The van der Waals surface area contributed by atoms with Gasteiger partial charge in [-0.05, 0) is 30.3 Å². The number of para-hydroxylation sites is 1. The third-order valence-corrected chi connectivity index (χ3v) is 5.71. The zero-order chi connectivity index (χ0) is 21.0. The molecule has 8 nitrogen and oxygen atoms in total. The molecule has 5 rings (SSSR count). The molecule has 1 amide bonds. The standard InChI is InChI=1S/C22H16N4O4/c1-29-13-8-6-12(7-9-13)26-17-11-30-20(27)18(17)22(15(10-23)19(26)24)14-4-2-3-5-16(14)25-21(22)28/h2-9H,11,24H2,1H3,(H,25,28). The van der Waals surface area contributed by atoms with Gasteiger partial charge in [0.15, 0.2) is 0 Å². The van der Waals surface area contributed by atoms with Gasteiger partial charge in [0.1, 0.15) is 29.7 Å². The molecule has 0 aliphatic carbocycles. The number of ether oxygens (including phenoxy) is 2. The Morgan fingerprint density at radius 3 is 2.63 bits per heavy atom. The van der Waals surface area contributed by atoms with E-state index < -0.39 is 17.3 Å². The fourth-order valence-electron chi connectivity index (χ4n) is 4.44. The van der Waals surface area contributed by atoms with E-state index in [0.29, 0.717) is 28.4 Å². The van der Waals surface area contributed by atoms with E-state index in [1.807, 2.05) is 0 Å². The molecule has 3 aliphatic rings. The molecule has 0 saturated carbocycles. The van der Waals surface area contributed by atoms with Crippen LogP contribution in [0.25, 0.3) is 0 Å². The number of cyclic esters (lactones) is 1. The van der Waals surface area contributed by atoms with E-state index in [-0.39, 0.29) is 23.6 Å². The van der Waals surface area contributed by atoms with Crippen molar-refractivity contribution in [1.29, 1.82) is 5.26 Å². The predicted molar refractivity (Wildman–Crippen MR) is 107 cm³/mol. The number of nitrogens with one attached hydrogen (secondary N) is 1. The lowest BCUT2D eigenvalue weighted by atomic mass is 9.67. The van der Waals surface area contributed by atoms with Crippen LogP contribution in [0.2, 0.25) is 0 Å². The summed E-state index contributed by atoms with van der Waals surface area (Å²) in [6.07, 6.45) is 0. The highest BCUT2D eigenvalue weighted by Gasteiger charge is 2.61. The maximum atomic E-state index is 13.3. The molecule has 2 aromatic carbocycles. The summed E-state index contributed by atoms with van der Waals surface area (Å²) < 4.78 is 10.5. The number of fused-ring (bicyclic) bond motifs is 3. The Morgan fingerprint density at radius 2 is 1.93 bits per heavy atom. The number of carbonyl (C=O) groups is 2. The Morgan fingerprint density at radius 1 is 1.20 bits per heavy atom. The number of esters is 1. The highest BCUT2D eigenvalue weighted by Crippen LogP contribution is 2.54. The van der Waals surface area contributed by atoms with Crippen LogP contribution in [0.1, 0.15) is 5.56 Å². The molecule has 1 spiro atoms. The van der Waals surface area contributed by atoms with Crippen molar-refractivity contribution in [3.05, 3.63) is 76.8 Å². The molecular weight excluding hydrogens is 384 g/mol. The number of nitrogens with two attached hydrogens (primary N) is 1. The van der Waals surface area contributed by atoms with Gasteiger partial charge in [0.25, 0.3) is 0 Å². The van der Waals surface area contributed by atoms with Crippen molar-refractivity contribution in [3.8, 4) is 11.8 Å². The zero-order valence-corrected chi connectivity index (χ0v) is 15.9. The first-order chi connectivity index (χ1) is 14.5. The van der Waals surface area contributed by atoms with Gasteiger partial charge in [0, 0.05) is 16.9 Å². The SMILES string of the molecule is COc1ccc(N2C(N)=C(C#N)C3(C(=O)Nc4ccccc43)C3=C2COC3=O)cc1. The summed E-state index contributed by atoms with van der Waals surface area (Å²) in [6, 6.07) is 16.1. The number of amides is 1. The maximum Gasteiger partial charge on any atom is 0.338 e. The van der Waals surface area contributed by atoms with Crippen LogP contribution in [0.4, 0.5) is 11.4 Å². The van der Waals surface area contributed by atoms with Gasteiger partial charge < -0.3 is 20.5 Å². The molecule has 0 saturated heterocycles. The fraction of sp³-hybridized carbons (Fsp3) is 0.136. The topological polar surface area (TPSA) is 118 Å². The molecule has 148 valence electrons. The number of rotatable bonds is 2. The van der Waals surface area contributed by atoms with Gasteiger partial charge in [0.05, 0.1) is 24.0 Å². The highest BCUT2D eigenvalue weighted by atomic mass is 16.5. The summed E-state index contributed by atoms with van der Waals surface area (Å²) in [4.78, 5) is 27.8. The molecule has 1 atom stereocenters. The Hall–Kier alpha value is -4.25. The van der Waals surface area contributed by atoms with Crippen LogP contribution in [0.3, 0.4) is 0 Å². The van der Waals surface area contributed by atoms with E-state index in [1.54, 1.807) is 60.5 Å². The molecule has 0 aromatic heterocycles. The van der Waals surface area contributed by atoms with Gasteiger partial charge in [-0.2, -0.15) is 5.26 Å². The van der Waals surface area contributed by atoms with Crippen LogP contribution >= 0.6 is 0 Å². The number of hydrogen-bond donors (Lipinski definition) is 2. The monoisotopic (exact) mass is 400 g/mol.